The molecular formula is C29H33N7O2. The molecule has 38 heavy (non-hydrogen) atoms. The van der Waals surface area contributed by atoms with Gasteiger partial charge in [-0.2, -0.15) is 0 Å². The third-order valence-corrected chi connectivity index (χ3v) is 7.02. The van der Waals surface area contributed by atoms with Crippen molar-refractivity contribution >= 4 is 34.4 Å². The average molecular weight is 512 g/mol. The molecular weight excluding hydrogens is 478 g/mol. The molecule has 2 aromatic heterocycles. The second kappa shape index (κ2) is 10.9. The summed E-state index contributed by atoms with van der Waals surface area (Å²) in [6, 6.07) is 14.5. The van der Waals surface area contributed by atoms with Crippen molar-refractivity contribution in [2.75, 3.05) is 49.8 Å². The summed E-state index contributed by atoms with van der Waals surface area (Å²) in [4.78, 5) is 26.0. The number of hydrogen-bond donors (Lipinski definition) is 2. The Bertz CT molecular complexity index is 1440. The molecule has 9 heteroatoms. The van der Waals surface area contributed by atoms with E-state index in [9.17, 15) is 4.79 Å². The zero-order chi connectivity index (χ0) is 26.6. The maximum atomic E-state index is 12.3. The van der Waals surface area contributed by atoms with Crippen LogP contribution in [0.15, 0.2) is 73.7 Å². The van der Waals surface area contributed by atoms with Crippen LogP contribution in [0.25, 0.3) is 16.9 Å². The number of methoxy groups -OCH3 is 1. The summed E-state index contributed by atoms with van der Waals surface area (Å²) in [5.74, 6) is 1.00. The molecule has 1 saturated heterocycles. The third-order valence-electron chi connectivity index (χ3n) is 7.02. The molecule has 0 radical (unpaired) electrons. The van der Waals surface area contributed by atoms with E-state index in [0.717, 1.165) is 48.5 Å². The molecule has 3 heterocycles. The Hall–Kier alpha value is -4.37. The lowest BCUT2D eigenvalue weighted by molar-refractivity contribution is -0.111. The number of anilines is 4. The van der Waals surface area contributed by atoms with Crippen LogP contribution in [-0.4, -0.2) is 65.5 Å². The minimum absolute atomic E-state index is 0.268. The van der Waals surface area contributed by atoms with Crippen LogP contribution in [0.5, 0.6) is 5.75 Å². The van der Waals surface area contributed by atoms with Crippen molar-refractivity contribution in [2.45, 2.75) is 18.9 Å². The standard InChI is InChI=1S/C29H33N7O2/c1-5-29(37)33-22-15-23(26(38-4)16-24(22)35-13-11-21(12-14-35)34(2)3)32-27-19-36-25(17-31-28(36)18-30-27)20-9-7-6-8-10-20/h5-10,15-19,21,32H,1,11-14H2,2-4H3,(H,33,37). The number of carbonyl (C=O) groups is 1. The Morgan fingerprint density at radius 3 is 2.55 bits per heavy atom. The molecule has 0 aliphatic carbocycles. The van der Waals surface area contributed by atoms with Gasteiger partial charge in [0, 0.05) is 30.8 Å². The molecule has 1 fully saturated rings. The normalized spacial score (nSPS) is 14.1. The molecule has 1 aliphatic rings. The van der Waals surface area contributed by atoms with Gasteiger partial charge in [-0.1, -0.05) is 36.9 Å². The molecule has 0 spiro atoms. The molecule has 4 aromatic rings. The molecule has 1 amide bonds. The van der Waals surface area contributed by atoms with Gasteiger partial charge in [0.2, 0.25) is 5.91 Å². The lowest BCUT2D eigenvalue weighted by Crippen LogP contribution is -2.42. The number of benzene rings is 2. The summed E-state index contributed by atoms with van der Waals surface area (Å²) < 4.78 is 7.78. The smallest absolute Gasteiger partial charge is 0.247 e. The first-order valence-electron chi connectivity index (χ1n) is 12.7. The van der Waals surface area contributed by atoms with Crippen molar-refractivity contribution in [3.05, 3.63) is 73.7 Å². The fraction of sp³-hybridized carbons (Fsp3) is 0.276. The monoisotopic (exact) mass is 511 g/mol. The molecule has 1 aliphatic heterocycles. The molecule has 2 aromatic carbocycles. The van der Waals surface area contributed by atoms with Crippen molar-refractivity contribution in [1.29, 1.82) is 0 Å². The van der Waals surface area contributed by atoms with Gasteiger partial charge in [0.1, 0.15) is 11.6 Å². The van der Waals surface area contributed by atoms with Gasteiger partial charge >= 0.3 is 0 Å². The van der Waals surface area contributed by atoms with Crippen LogP contribution in [0.1, 0.15) is 12.8 Å². The Morgan fingerprint density at radius 2 is 1.87 bits per heavy atom. The number of ether oxygens (including phenoxy) is 1. The minimum Gasteiger partial charge on any atom is -0.494 e. The average Bonchev–Trinajstić information content (AvgIpc) is 3.37. The topological polar surface area (TPSA) is 87.0 Å². The molecule has 0 saturated carbocycles. The van der Waals surface area contributed by atoms with E-state index in [0.29, 0.717) is 29.0 Å². The van der Waals surface area contributed by atoms with E-state index >= 15 is 0 Å². The fourth-order valence-electron chi connectivity index (χ4n) is 4.92. The SMILES string of the molecule is C=CC(=O)Nc1cc(Nc2cn3c(-c4ccccc4)cnc3cn2)c(OC)cc1N1CCC(N(C)C)CC1. The Labute approximate surface area is 222 Å². The number of nitrogens with one attached hydrogen (secondary N) is 2. The van der Waals surface area contributed by atoms with Crippen LogP contribution in [0.2, 0.25) is 0 Å². The molecule has 196 valence electrons. The maximum absolute atomic E-state index is 12.3. The number of amides is 1. The summed E-state index contributed by atoms with van der Waals surface area (Å²) >= 11 is 0. The Balaban J connectivity index is 1.49. The minimum atomic E-state index is -0.268. The molecule has 0 bridgehead atoms. The van der Waals surface area contributed by atoms with E-state index in [4.69, 9.17) is 4.74 Å². The zero-order valence-corrected chi connectivity index (χ0v) is 22.0. The first-order chi connectivity index (χ1) is 18.5. The van der Waals surface area contributed by atoms with Gasteiger partial charge in [-0.05, 0) is 39.1 Å². The summed E-state index contributed by atoms with van der Waals surface area (Å²) in [5, 5.41) is 6.37. The predicted octanol–water partition coefficient (Wildman–Crippen LogP) is 4.80. The van der Waals surface area contributed by atoms with Crippen LogP contribution in [0.3, 0.4) is 0 Å². The zero-order valence-electron chi connectivity index (χ0n) is 22.0. The molecule has 5 rings (SSSR count). The highest BCUT2D eigenvalue weighted by Gasteiger charge is 2.24. The van der Waals surface area contributed by atoms with Crippen molar-refractivity contribution in [2.24, 2.45) is 0 Å². The maximum Gasteiger partial charge on any atom is 0.247 e. The van der Waals surface area contributed by atoms with Crippen molar-refractivity contribution in [1.82, 2.24) is 19.3 Å². The van der Waals surface area contributed by atoms with E-state index < -0.39 is 0 Å². The van der Waals surface area contributed by atoms with Gasteiger partial charge in [0.05, 0.1) is 48.5 Å². The number of hydrogen-bond acceptors (Lipinski definition) is 7. The molecule has 0 atom stereocenters. The van der Waals surface area contributed by atoms with E-state index in [1.165, 1.54) is 6.08 Å². The van der Waals surface area contributed by atoms with Gasteiger partial charge in [-0.25, -0.2) is 9.97 Å². The Kier molecular flexibility index (Phi) is 7.28. The fourth-order valence-corrected chi connectivity index (χ4v) is 4.92. The quantitative estimate of drug-likeness (QED) is 0.329. The van der Waals surface area contributed by atoms with E-state index in [-0.39, 0.29) is 5.91 Å². The predicted molar refractivity (Wildman–Crippen MR) is 152 cm³/mol. The van der Waals surface area contributed by atoms with Crippen LogP contribution in [0.4, 0.5) is 22.9 Å². The number of carbonyl (C=O) groups excluding carboxylic acids is 1. The number of rotatable bonds is 8. The largest absolute Gasteiger partial charge is 0.494 e. The van der Waals surface area contributed by atoms with Crippen molar-refractivity contribution in [3.8, 4) is 17.0 Å². The van der Waals surface area contributed by atoms with Crippen LogP contribution in [-0.2, 0) is 4.79 Å². The van der Waals surface area contributed by atoms with Gasteiger partial charge in [0.15, 0.2) is 5.65 Å². The summed E-state index contributed by atoms with van der Waals surface area (Å²) in [7, 11) is 5.89. The number of nitrogens with zero attached hydrogens (tertiary/aromatic N) is 5. The van der Waals surface area contributed by atoms with Gasteiger partial charge in [-0.3, -0.25) is 9.20 Å². The molecule has 2 N–H and O–H groups in total. The lowest BCUT2D eigenvalue weighted by Gasteiger charge is -2.37. The highest BCUT2D eigenvalue weighted by Crippen LogP contribution is 2.39. The summed E-state index contributed by atoms with van der Waals surface area (Å²) in [5.41, 5.74) is 5.07. The lowest BCUT2D eigenvalue weighted by atomic mass is 10.0. The highest BCUT2D eigenvalue weighted by atomic mass is 16.5. The van der Waals surface area contributed by atoms with Gasteiger partial charge < -0.3 is 25.2 Å². The van der Waals surface area contributed by atoms with Gasteiger partial charge in [0.25, 0.3) is 0 Å². The number of piperidine rings is 1. The van der Waals surface area contributed by atoms with E-state index in [1.54, 1.807) is 13.3 Å². The summed E-state index contributed by atoms with van der Waals surface area (Å²) in [6.45, 7) is 5.39. The second-order valence-electron chi connectivity index (χ2n) is 9.58. The second-order valence-corrected chi connectivity index (χ2v) is 9.58. The molecule has 9 nitrogen and oxygen atoms in total. The first kappa shape index (κ1) is 25.3. The summed E-state index contributed by atoms with van der Waals surface area (Å²) in [6.07, 6.45) is 8.84. The van der Waals surface area contributed by atoms with Crippen molar-refractivity contribution < 1.29 is 9.53 Å². The number of aromatic nitrogens is 3. The highest BCUT2D eigenvalue weighted by molar-refractivity contribution is 6.02. The van der Waals surface area contributed by atoms with E-state index in [2.05, 4.69) is 63.2 Å². The van der Waals surface area contributed by atoms with Crippen LogP contribution < -0.4 is 20.3 Å². The van der Waals surface area contributed by atoms with Crippen molar-refractivity contribution in [3.63, 3.8) is 0 Å². The van der Waals surface area contributed by atoms with Crippen LogP contribution in [0, 0.1) is 0 Å². The van der Waals surface area contributed by atoms with Crippen LogP contribution >= 0.6 is 0 Å². The first-order valence-corrected chi connectivity index (χ1v) is 12.7. The molecule has 0 unspecified atom stereocenters. The number of fused-ring (bicyclic) bond motifs is 1. The van der Waals surface area contributed by atoms with Gasteiger partial charge in [-0.15, -0.1) is 0 Å². The third kappa shape index (κ3) is 5.19. The number of imidazole rings is 1. The Morgan fingerprint density at radius 1 is 1.11 bits per heavy atom. The van der Waals surface area contributed by atoms with E-state index in [1.807, 2.05) is 47.1 Å².